The maximum atomic E-state index is 15.1. The van der Waals surface area contributed by atoms with E-state index < -0.39 is 80.9 Å². The van der Waals surface area contributed by atoms with Crippen LogP contribution in [0.1, 0.15) is 23.0 Å². The number of halogens is 10. The van der Waals surface area contributed by atoms with Crippen molar-refractivity contribution in [2.24, 2.45) is 5.92 Å². The van der Waals surface area contributed by atoms with Crippen LogP contribution in [0.5, 0.6) is 5.75 Å². The summed E-state index contributed by atoms with van der Waals surface area (Å²) < 4.78 is 162. The van der Waals surface area contributed by atoms with Crippen LogP contribution in [-0.2, 0) is 20.3 Å². The summed E-state index contributed by atoms with van der Waals surface area (Å²) in [7, 11) is 1.52. The van der Waals surface area contributed by atoms with Crippen molar-refractivity contribution >= 4 is 10.8 Å². The van der Waals surface area contributed by atoms with Gasteiger partial charge >= 0.3 is 12.3 Å². The van der Waals surface area contributed by atoms with E-state index in [0.717, 1.165) is 24.1 Å². The van der Waals surface area contributed by atoms with Crippen LogP contribution < -0.4 is 4.74 Å². The van der Waals surface area contributed by atoms with Crippen molar-refractivity contribution in [3.63, 3.8) is 0 Å². The number of ether oxygens (including phenoxy) is 4. The number of fused-ring (bicyclic) bond motifs is 1. The molecule has 46 heavy (non-hydrogen) atoms. The second kappa shape index (κ2) is 12.8. The Kier molecular flexibility index (Phi) is 9.21. The fourth-order valence-electron chi connectivity index (χ4n) is 4.81. The predicted octanol–water partition coefficient (Wildman–Crippen LogP) is 8.55. The smallest absolute Gasteiger partial charge is 0.429 e. The summed E-state index contributed by atoms with van der Waals surface area (Å²) in [4.78, 5) is 0. The highest BCUT2D eigenvalue weighted by atomic mass is 19.4. The molecular formula is C32H20F10O4. The van der Waals surface area contributed by atoms with Gasteiger partial charge in [0.25, 0.3) is 0 Å². The summed E-state index contributed by atoms with van der Waals surface area (Å²) in [5.74, 6) is -6.28. The topological polar surface area (TPSA) is 36.9 Å². The molecule has 5 rings (SSSR count). The van der Waals surface area contributed by atoms with Crippen LogP contribution in [0, 0.1) is 46.8 Å². The molecule has 1 aliphatic heterocycles. The van der Waals surface area contributed by atoms with Crippen molar-refractivity contribution in [3.8, 4) is 28.7 Å². The van der Waals surface area contributed by atoms with Gasteiger partial charge in [0, 0.05) is 35.5 Å². The zero-order chi connectivity index (χ0) is 33.4. The quantitative estimate of drug-likeness (QED) is 0.147. The predicted molar refractivity (Wildman–Crippen MR) is 143 cm³/mol. The zero-order valence-electron chi connectivity index (χ0n) is 23.4. The summed E-state index contributed by atoms with van der Waals surface area (Å²) in [5, 5.41) is -0.912. The highest BCUT2D eigenvalue weighted by Gasteiger charge is 2.41. The van der Waals surface area contributed by atoms with Gasteiger partial charge in [-0.15, -0.1) is 0 Å². The fraction of sp³-hybridized carbons (Fsp3) is 0.250. The molecule has 4 aromatic carbocycles. The average molecular weight is 658 g/mol. The van der Waals surface area contributed by atoms with Gasteiger partial charge in [-0.2, -0.15) is 22.0 Å². The maximum Gasteiger partial charge on any atom is 0.458 e. The highest BCUT2D eigenvalue weighted by molar-refractivity contribution is 5.86. The van der Waals surface area contributed by atoms with Gasteiger partial charge in [0.05, 0.1) is 25.4 Å². The molecule has 4 nitrogen and oxygen atoms in total. The first-order valence-electron chi connectivity index (χ1n) is 13.3. The molecule has 242 valence electrons. The third-order valence-electron chi connectivity index (χ3n) is 6.85. The van der Waals surface area contributed by atoms with E-state index in [2.05, 4.69) is 4.74 Å². The molecule has 0 bridgehead atoms. The van der Waals surface area contributed by atoms with E-state index in [-0.39, 0.29) is 30.3 Å². The first-order valence-corrected chi connectivity index (χ1v) is 13.3. The minimum Gasteiger partial charge on any atom is -0.429 e. The van der Waals surface area contributed by atoms with Crippen molar-refractivity contribution in [1.82, 2.24) is 0 Å². The molecule has 0 amide bonds. The van der Waals surface area contributed by atoms with Crippen molar-refractivity contribution in [2.45, 2.75) is 18.6 Å². The standard InChI is InChI=1S/C32H20F10O4/c1-43-13-16-14-44-30(45-15-16)17-2-4-21(24(33)9-17)19-11-26(35)28(27(36)12-19)32(41,42)46-20-3-5-22-18(8-20)10-25(34)23(29(22)37)6-7-31(38,39)40/h2-5,8-12,16,30H,13-15H2,1H3. The van der Waals surface area contributed by atoms with Crippen LogP contribution in [0.4, 0.5) is 43.9 Å². The van der Waals surface area contributed by atoms with E-state index in [1.165, 1.54) is 25.2 Å². The Labute approximate surface area is 254 Å². The van der Waals surface area contributed by atoms with Gasteiger partial charge in [-0.05, 0) is 53.4 Å². The van der Waals surface area contributed by atoms with Crippen molar-refractivity contribution < 1.29 is 62.9 Å². The third kappa shape index (κ3) is 7.06. The van der Waals surface area contributed by atoms with Gasteiger partial charge in [0.1, 0.15) is 40.4 Å². The van der Waals surface area contributed by atoms with Gasteiger partial charge in [-0.3, -0.25) is 0 Å². The number of alkyl halides is 5. The lowest BCUT2D eigenvalue weighted by molar-refractivity contribution is -0.211. The van der Waals surface area contributed by atoms with Crippen LogP contribution in [0.25, 0.3) is 21.9 Å². The molecule has 1 saturated heterocycles. The number of rotatable bonds is 7. The van der Waals surface area contributed by atoms with Gasteiger partial charge in [-0.25, -0.2) is 22.0 Å². The van der Waals surface area contributed by atoms with Crippen LogP contribution in [-0.4, -0.2) is 33.1 Å². The molecule has 0 aliphatic carbocycles. The highest BCUT2D eigenvalue weighted by Crippen LogP contribution is 2.39. The molecule has 0 aromatic heterocycles. The monoisotopic (exact) mass is 658 g/mol. The first kappa shape index (κ1) is 33.1. The van der Waals surface area contributed by atoms with Crippen molar-refractivity contribution in [1.29, 1.82) is 0 Å². The van der Waals surface area contributed by atoms with E-state index >= 15 is 13.2 Å². The second-order valence-electron chi connectivity index (χ2n) is 10.2. The molecule has 0 atom stereocenters. The number of methoxy groups -OCH3 is 1. The van der Waals surface area contributed by atoms with E-state index in [4.69, 9.17) is 14.2 Å². The third-order valence-corrected chi connectivity index (χ3v) is 6.85. The average Bonchev–Trinajstić information content (AvgIpc) is 2.96. The Morgan fingerprint density at radius 3 is 2.09 bits per heavy atom. The summed E-state index contributed by atoms with van der Waals surface area (Å²) in [5.41, 5.74) is -3.49. The largest absolute Gasteiger partial charge is 0.458 e. The molecule has 1 aliphatic rings. The van der Waals surface area contributed by atoms with Crippen molar-refractivity contribution in [2.75, 3.05) is 26.9 Å². The molecular weight excluding hydrogens is 638 g/mol. The summed E-state index contributed by atoms with van der Waals surface area (Å²) >= 11 is 0. The minimum atomic E-state index is -5.03. The zero-order valence-corrected chi connectivity index (χ0v) is 23.4. The lowest BCUT2D eigenvalue weighted by Gasteiger charge is -2.29. The van der Waals surface area contributed by atoms with E-state index in [9.17, 15) is 30.7 Å². The number of benzene rings is 4. The van der Waals surface area contributed by atoms with Gasteiger partial charge < -0.3 is 18.9 Å². The Balaban J connectivity index is 1.38. The molecule has 0 radical (unpaired) electrons. The normalized spacial score (nSPS) is 17.1. The first-order chi connectivity index (χ1) is 21.7. The summed E-state index contributed by atoms with van der Waals surface area (Å²) in [6.45, 7) is 0.961. The lowest BCUT2D eigenvalue weighted by Crippen LogP contribution is -2.29. The number of hydrogen-bond donors (Lipinski definition) is 0. The second-order valence-corrected chi connectivity index (χ2v) is 10.2. The van der Waals surface area contributed by atoms with E-state index in [1.54, 1.807) is 0 Å². The van der Waals surface area contributed by atoms with Crippen LogP contribution >= 0.6 is 0 Å². The summed E-state index contributed by atoms with van der Waals surface area (Å²) in [6.07, 6.45) is -10.6. The minimum absolute atomic E-state index is 0.0210. The van der Waals surface area contributed by atoms with Crippen LogP contribution in [0.2, 0.25) is 0 Å². The Morgan fingerprint density at radius 2 is 1.48 bits per heavy atom. The van der Waals surface area contributed by atoms with Gasteiger partial charge in [0.2, 0.25) is 0 Å². The van der Waals surface area contributed by atoms with Gasteiger partial charge in [-0.1, -0.05) is 18.1 Å². The maximum absolute atomic E-state index is 15.1. The molecule has 4 aromatic rings. The van der Waals surface area contributed by atoms with Crippen molar-refractivity contribution in [3.05, 3.63) is 100 Å². The van der Waals surface area contributed by atoms with Gasteiger partial charge in [0.15, 0.2) is 6.29 Å². The fourth-order valence-corrected chi connectivity index (χ4v) is 4.81. The molecule has 0 unspecified atom stereocenters. The SMILES string of the molecule is COCC1COC(c2ccc(-c3cc(F)c(C(F)(F)Oc4ccc5c(F)c(C#CC(F)(F)F)c(F)cc5c4)c(F)c3)c(F)c2)OC1. The molecule has 0 N–H and O–H groups in total. The molecule has 0 spiro atoms. The molecule has 1 heterocycles. The van der Waals surface area contributed by atoms with E-state index in [0.29, 0.717) is 30.9 Å². The van der Waals surface area contributed by atoms with E-state index in [1.807, 2.05) is 0 Å². The molecule has 1 fully saturated rings. The molecule has 0 saturated carbocycles. The summed E-state index contributed by atoms with van der Waals surface area (Å²) in [6, 6.07) is 7.28. The lowest BCUT2D eigenvalue weighted by atomic mass is 10.00. The number of hydrogen-bond acceptors (Lipinski definition) is 4. The Hall–Kier alpha value is -4.32. The van der Waals surface area contributed by atoms with Crippen LogP contribution in [0.15, 0.2) is 54.6 Å². The van der Waals surface area contributed by atoms with Crippen LogP contribution in [0.3, 0.4) is 0 Å². The Morgan fingerprint density at radius 1 is 0.804 bits per heavy atom. The Bertz CT molecular complexity index is 1810. The molecule has 14 heteroatoms.